The van der Waals surface area contributed by atoms with Crippen molar-refractivity contribution < 1.29 is 19.4 Å². The van der Waals surface area contributed by atoms with Gasteiger partial charge in [0.2, 0.25) is 5.76 Å². The minimum absolute atomic E-state index is 0.0123. The Labute approximate surface area is 81.1 Å². The number of hydrogen-bond donors (Lipinski definition) is 1. The first-order valence-electron chi connectivity index (χ1n) is 4.26. The van der Waals surface area contributed by atoms with Gasteiger partial charge in [-0.25, -0.2) is 4.79 Å². The molecule has 0 saturated heterocycles. The van der Waals surface area contributed by atoms with E-state index in [2.05, 4.69) is 0 Å². The largest absolute Gasteiger partial charge is 0.497 e. The van der Waals surface area contributed by atoms with Gasteiger partial charge in [0.15, 0.2) is 0 Å². The van der Waals surface area contributed by atoms with Crippen LogP contribution >= 0.6 is 0 Å². The number of fused-ring (bicyclic) bond motifs is 1. The Balaban J connectivity index is 2.21. The van der Waals surface area contributed by atoms with Crippen LogP contribution in [-0.4, -0.2) is 24.3 Å². The van der Waals surface area contributed by atoms with Crippen molar-refractivity contribution in [3.63, 3.8) is 0 Å². The summed E-state index contributed by atoms with van der Waals surface area (Å²) in [5, 5.41) is 8.71. The monoisotopic (exact) mass is 194 g/mol. The van der Waals surface area contributed by atoms with Crippen LogP contribution in [0.1, 0.15) is 0 Å². The quantitative estimate of drug-likeness (QED) is 0.714. The number of hydrogen-bond acceptors (Lipinski definition) is 3. The fraction of sp³-hybridized carbons (Fsp3) is 0.300. The molecule has 0 aromatic rings. The smallest absolute Gasteiger partial charge is 0.370 e. The highest BCUT2D eigenvalue weighted by Crippen LogP contribution is 2.30. The number of methoxy groups -OCH3 is 1. The molecule has 0 radical (unpaired) electrons. The molecule has 1 heterocycles. The first-order valence-corrected chi connectivity index (χ1v) is 4.26. The fourth-order valence-electron chi connectivity index (χ4n) is 1.54. The van der Waals surface area contributed by atoms with Gasteiger partial charge >= 0.3 is 5.97 Å². The average molecular weight is 194 g/mol. The predicted molar refractivity (Wildman–Crippen MR) is 48.3 cm³/mol. The summed E-state index contributed by atoms with van der Waals surface area (Å²) < 4.78 is 10.2. The summed E-state index contributed by atoms with van der Waals surface area (Å²) in [4.78, 5) is 10.6. The summed E-state index contributed by atoms with van der Waals surface area (Å²) in [6.45, 7) is 0. The highest BCUT2D eigenvalue weighted by Gasteiger charge is 2.31. The molecule has 0 amide bonds. The Morgan fingerprint density at radius 3 is 3.00 bits per heavy atom. The Hall–Kier alpha value is -1.71. The van der Waals surface area contributed by atoms with E-state index in [-0.39, 0.29) is 17.8 Å². The molecule has 2 aliphatic rings. The normalized spacial score (nSPS) is 28.6. The van der Waals surface area contributed by atoms with Gasteiger partial charge < -0.3 is 14.6 Å². The number of ether oxygens (including phenoxy) is 2. The second-order valence-corrected chi connectivity index (χ2v) is 3.13. The molecule has 0 aromatic carbocycles. The molecule has 4 heteroatoms. The third kappa shape index (κ3) is 1.39. The molecule has 74 valence electrons. The standard InChI is InChI=1S/C10H10O4/c1-13-7-2-3-8-6(4-7)5-9(14-8)10(11)12/h2-6,8H,1H3,(H,11,12). The van der Waals surface area contributed by atoms with E-state index in [0.717, 1.165) is 5.76 Å². The van der Waals surface area contributed by atoms with Crippen LogP contribution in [0.25, 0.3) is 0 Å². The Kier molecular flexibility index (Phi) is 2.04. The molecule has 0 saturated carbocycles. The molecule has 0 bridgehead atoms. The van der Waals surface area contributed by atoms with Crippen LogP contribution < -0.4 is 0 Å². The molecule has 1 aliphatic carbocycles. The maximum Gasteiger partial charge on any atom is 0.370 e. The fourth-order valence-corrected chi connectivity index (χ4v) is 1.54. The van der Waals surface area contributed by atoms with E-state index < -0.39 is 5.97 Å². The number of rotatable bonds is 2. The maximum atomic E-state index is 10.6. The molecular weight excluding hydrogens is 184 g/mol. The van der Waals surface area contributed by atoms with Crippen molar-refractivity contribution >= 4 is 5.97 Å². The van der Waals surface area contributed by atoms with E-state index in [1.54, 1.807) is 25.3 Å². The first-order chi connectivity index (χ1) is 6.70. The Morgan fingerprint density at radius 1 is 1.57 bits per heavy atom. The number of carbonyl (C=O) groups is 1. The van der Waals surface area contributed by atoms with E-state index in [1.807, 2.05) is 6.08 Å². The van der Waals surface area contributed by atoms with Gasteiger partial charge in [-0.15, -0.1) is 0 Å². The average Bonchev–Trinajstić information content (AvgIpc) is 2.59. The van der Waals surface area contributed by atoms with E-state index in [9.17, 15) is 4.79 Å². The van der Waals surface area contributed by atoms with E-state index >= 15 is 0 Å². The first kappa shape index (κ1) is 8.87. The van der Waals surface area contributed by atoms with Gasteiger partial charge in [0, 0.05) is 5.92 Å². The summed E-state index contributed by atoms with van der Waals surface area (Å²) >= 11 is 0. The minimum Gasteiger partial charge on any atom is -0.497 e. The van der Waals surface area contributed by atoms with Crippen molar-refractivity contribution in [3.05, 3.63) is 35.8 Å². The van der Waals surface area contributed by atoms with Crippen LogP contribution in [-0.2, 0) is 14.3 Å². The summed E-state index contributed by atoms with van der Waals surface area (Å²) in [6.07, 6.45) is 6.83. The molecule has 0 spiro atoms. The zero-order valence-corrected chi connectivity index (χ0v) is 7.64. The summed E-state index contributed by atoms with van der Waals surface area (Å²) in [7, 11) is 1.58. The highest BCUT2D eigenvalue weighted by atomic mass is 16.5. The molecule has 2 rings (SSSR count). The molecule has 4 nitrogen and oxygen atoms in total. The molecule has 2 unspecified atom stereocenters. The van der Waals surface area contributed by atoms with Crippen molar-refractivity contribution in [1.82, 2.24) is 0 Å². The van der Waals surface area contributed by atoms with Gasteiger partial charge in [0.05, 0.1) is 7.11 Å². The van der Waals surface area contributed by atoms with Crippen molar-refractivity contribution in [3.8, 4) is 0 Å². The third-order valence-corrected chi connectivity index (χ3v) is 2.24. The van der Waals surface area contributed by atoms with E-state index in [4.69, 9.17) is 14.6 Å². The topological polar surface area (TPSA) is 55.8 Å². The molecular formula is C10H10O4. The van der Waals surface area contributed by atoms with Crippen LogP contribution in [0.2, 0.25) is 0 Å². The molecule has 0 aromatic heterocycles. The zero-order chi connectivity index (χ0) is 10.1. The van der Waals surface area contributed by atoms with Gasteiger partial charge in [0.1, 0.15) is 11.9 Å². The van der Waals surface area contributed by atoms with Crippen molar-refractivity contribution in [2.75, 3.05) is 7.11 Å². The van der Waals surface area contributed by atoms with E-state index in [1.165, 1.54) is 0 Å². The summed E-state index contributed by atoms with van der Waals surface area (Å²) in [6, 6.07) is 0. The van der Waals surface area contributed by atoms with Crippen LogP contribution in [0.15, 0.2) is 35.8 Å². The Morgan fingerprint density at radius 2 is 2.36 bits per heavy atom. The number of allylic oxidation sites excluding steroid dienone is 1. The predicted octanol–water partition coefficient (Wildman–Crippen LogP) is 1.07. The summed E-state index contributed by atoms with van der Waals surface area (Å²) in [5.74, 6) is -0.308. The lowest BCUT2D eigenvalue weighted by Gasteiger charge is -2.17. The molecule has 2 atom stereocenters. The van der Waals surface area contributed by atoms with Crippen LogP contribution in [0.3, 0.4) is 0 Å². The van der Waals surface area contributed by atoms with Crippen molar-refractivity contribution in [2.24, 2.45) is 5.92 Å². The van der Waals surface area contributed by atoms with Gasteiger partial charge in [-0.1, -0.05) is 0 Å². The summed E-state index contributed by atoms with van der Waals surface area (Å²) in [5.41, 5.74) is 0. The number of carboxylic acids is 1. The molecule has 14 heavy (non-hydrogen) atoms. The second-order valence-electron chi connectivity index (χ2n) is 3.13. The van der Waals surface area contributed by atoms with Crippen LogP contribution in [0, 0.1) is 5.92 Å². The lowest BCUT2D eigenvalue weighted by atomic mass is 9.98. The lowest BCUT2D eigenvalue weighted by Crippen LogP contribution is -2.16. The molecule has 0 fully saturated rings. The van der Waals surface area contributed by atoms with Crippen LogP contribution in [0.5, 0.6) is 0 Å². The lowest BCUT2D eigenvalue weighted by molar-refractivity contribution is -0.136. The second kappa shape index (κ2) is 3.21. The van der Waals surface area contributed by atoms with Crippen molar-refractivity contribution in [1.29, 1.82) is 0 Å². The zero-order valence-electron chi connectivity index (χ0n) is 7.64. The minimum atomic E-state index is -1.03. The molecule has 1 N–H and O–H groups in total. The van der Waals surface area contributed by atoms with Gasteiger partial charge in [-0.2, -0.15) is 0 Å². The van der Waals surface area contributed by atoms with Gasteiger partial charge in [0.25, 0.3) is 0 Å². The number of carboxylic acid groups (broad SMARTS) is 1. The highest BCUT2D eigenvalue weighted by molar-refractivity contribution is 5.85. The van der Waals surface area contributed by atoms with E-state index in [0.29, 0.717) is 0 Å². The SMILES string of the molecule is COC1=CC2C=C(C(=O)O)OC2C=C1. The number of aliphatic carboxylic acids is 1. The van der Waals surface area contributed by atoms with Gasteiger partial charge in [-0.05, 0) is 24.3 Å². The maximum absolute atomic E-state index is 10.6. The Bertz CT molecular complexity index is 351. The van der Waals surface area contributed by atoms with Gasteiger partial charge in [-0.3, -0.25) is 0 Å². The van der Waals surface area contributed by atoms with Crippen LogP contribution in [0.4, 0.5) is 0 Å². The van der Waals surface area contributed by atoms with Crippen molar-refractivity contribution in [2.45, 2.75) is 6.10 Å². The third-order valence-electron chi connectivity index (χ3n) is 2.24. The molecule has 1 aliphatic heterocycles.